The van der Waals surface area contributed by atoms with Crippen LogP contribution in [-0.2, 0) is 0 Å². The fourth-order valence-electron chi connectivity index (χ4n) is 2.56. The van der Waals surface area contributed by atoms with Crippen molar-refractivity contribution in [3.8, 4) is 22.7 Å². The highest BCUT2D eigenvalue weighted by atomic mass is 16.4. The summed E-state index contributed by atoms with van der Waals surface area (Å²) in [6.07, 6.45) is 0. The first-order valence-electron chi connectivity index (χ1n) is 6.88. The molecule has 0 aliphatic carbocycles. The number of aryl methyl sites for hydroxylation is 1. The molecule has 3 aromatic rings. The lowest BCUT2D eigenvalue weighted by atomic mass is 10.1. The molecule has 0 bridgehead atoms. The monoisotopic (exact) mass is 293 g/mol. The number of carboxylic acid groups (broad SMARTS) is 1. The quantitative estimate of drug-likeness (QED) is 0.771. The van der Waals surface area contributed by atoms with Gasteiger partial charge in [0.2, 0.25) is 0 Å². The van der Waals surface area contributed by atoms with Gasteiger partial charge in [-0.25, -0.2) is 4.79 Å². The van der Waals surface area contributed by atoms with Gasteiger partial charge in [0.1, 0.15) is 11.3 Å². The summed E-state index contributed by atoms with van der Waals surface area (Å²) in [4.78, 5) is 11.0. The summed E-state index contributed by atoms with van der Waals surface area (Å²) in [6.45, 7) is 1.97. The molecule has 3 rings (SSSR count). The molecule has 0 unspecified atom stereocenters. The van der Waals surface area contributed by atoms with Gasteiger partial charge in [0.25, 0.3) is 0 Å². The molecule has 2 aromatic carbocycles. The van der Waals surface area contributed by atoms with E-state index in [4.69, 9.17) is 5.11 Å². The van der Waals surface area contributed by atoms with Gasteiger partial charge in [-0.3, -0.25) is 0 Å². The highest BCUT2D eigenvalue weighted by Crippen LogP contribution is 2.29. The minimum atomic E-state index is -1.14. The number of hydrogen-bond donors (Lipinski definition) is 2. The minimum Gasteiger partial charge on any atom is -0.507 e. The number of carboxylic acids is 1. The van der Waals surface area contributed by atoms with E-state index in [9.17, 15) is 9.90 Å². The lowest BCUT2D eigenvalue weighted by Gasteiger charge is -2.13. The van der Waals surface area contributed by atoms with Crippen molar-refractivity contribution >= 4 is 5.97 Å². The second kappa shape index (κ2) is 5.41. The molecule has 0 fully saturated rings. The van der Waals surface area contributed by atoms with E-state index in [1.54, 1.807) is 6.07 Å². The third-order valence-electron chi connectivity index (χ3n) is 3.62. The van der Waals surface area contributed by atoms with E-state index >= 15 is 0 Å². The third kappa shape index (κ3) is 2.35. The highest BCUT2D eigenvalue weighted by Gasteiger charge is 2.13. The summed E-state index contributed by atoms with van der Waals surface area (Å²) in [5, 5.41) is 18.9. The summed E-state index contributed by atoms with van der Waals surface area (Å²) < 4.78 is 1.99. The van der Waals surface area contributed by atoms with E-state index in [1.807, 2.05) is 54.0 Å². The zero-order chi connectivity index (χ0) is 15.7. The molecule has 0 radical (unpaired) electrons. The average molecular weight is 293 g/mol. The Morgan fingerprint density at radius 3 is 2.36 bits per heavy atom. The van der Waals surface area contributed by atoms with Crippen LogP contribution in [0.25, 0.3) is 16.9 Å². The van der Waals surface area contributed by atoms with Gasteiger partial charge >= 0.3 is 5.97 Å². The highest BCUT2D eigenvalue weighted by molar-refractivity contribution is 5.91. The molecule has 2 N–H and O–H groups in total. The average Bonchev–Trinajstić information content (AvgIpc) is 2.89. The molecule has 0 aliphatic rings. The van der Waals surface area contributed by atoms with Crippen LogP contribution in [0.15, 0.2) is 60.7 Å². The van der Waals surface area contributed by atoms with Crippen LogP contribution >= 0.6 is 0 Å². The van der Waals surface area contributed by atoms with Crippen LogP contribution in [0.2, 0.25) is 0 Å². The van der Waals surface area contributed by atoms with Crippen LogP contribution in [0.4, 0.5) is 0 Å². The van der Waals surface area contributed by atoms with E-state index in [1.165, 1.54) is 12.1 Å². The molecule has 4 heteroatoms. The number of carbonyl (C=O) groups is 1. The number of hydrogen-bond acceptors (Lipinski definition) is 2. The Balaban J connectivity index is 2.15. The number of aromatic carboxylic acids is 1. The molecule has 0 saturated heterocycles. The van der Waals surface area contributed by atoms with Crippen molar-refractivity contribution in [2.45, 2.75) is 6.92 Å². The number of aromatic hydroxyl groups is 1. The SMILES string of the molecule is Cc1ccc(-c2ccccc2)n1-c1ccc(C(=O)O)c(O)c1. The summed E-state index contributed by atoms with van der Waals surface area (Å²) in [5.41, 5.74) is 3.66. The van der Waals surface area contributed by atoms with Crippen LogP contribution in [0, 0.1) is 6.92 Å². The lowest BCUT2D eigenvalue weighted by Crippen LogP contribution is -2.02. The van der Waals surface area contributed by atoms with Crippen molar-refractivity contribution in [1.29, 1.82) is 0 Å². The van der Waals surface area contributed by atoms with E-state index < -0.39 is 5.97 Å². The van der Waals surface area contributed by atoms with E-state index in [0.717, 1.165) is 22.6 Å². The van der Waals surface area contributed by atoms with Crippen molar-refractivity contribution in [3.63, 3.8) is 0 Å². The Bertz CT molecular complexity index is 835. The molecule has 22 heavy (non-hydrogen) atoms. The Morgan fingerprint density at radius 2 is 1.73 bits per heavy atom. The minimum absolute atomic E-state index is 0.102. The van der Waals surface area contributed by atoms with Crippen LogP contribution in [0.3, 0.4) is 0 Å². The van der Waals surface area contributed by atoms with Crippen LogP contribution in [-0.4, -0.2) is 20.7 Å². The molecule has 4 nitrogen and oxygen atoms in total. The number of nitrogens with zero attached hydrogens (tertiary/aromatic N) is 1. The molecule has 0 atom stereocenters. The Labute approximate surface area is 127 Å². The van der Waals surface area contributed by atoms with Gasteiger partial charge in [-0.05, 0) is 36.8 Å². The van der Waals surface area contributed by atoms with Gasteiger partial charge in [-0.15, -0.1) is 0 Å². The lowest BCUT2D eigenvalue weighted by molar-refractivity contribution is 0.0694. The van der Waals surface area contributed by atoms with Gasteiger partial charge in [0.05, 0.1) is 5.69 Å². The second-order valence-electron chi connectivity index (χ2n) is 5.07. The fraction of sp³-hybridized carbons (Fsp3) is 0.0556. The number of benzene rings is 2. The number of aromatic nitrogens is 1. The summed E-state index contributed by atoms with van der Waals surface area (Å²) in [5.74, 6) is -1.38. The van der Waals surface area contributed by atoms with Crippen LogP contribution < -0.4 is 0 Å². The molecule has 1 aromatic heterocycles. The van der Waals surface area contributed by atoms with Gasteiger partial charge in [0.15, 0.2) is 0 Å². The van der Waals surface area contributed by atoms with Crippen molar-refractivity contribution in [3.05, 3.63) is 71.9 Å². The van der Waals surface area contributed by atoms with Crippen LogP contribution in [0.1, 0.15) is 16.1 Å². The number of rotatable bonds is 3. The Morgan fingerprint density at radius 1 is 1.00 bits per heavy atom. The molecule has 110 valence electrons. The standard InChI is InChI=1S/C18H15NO3/c1-12-7-10-16(13-5-3-2-4-6-13)19(12)14-8-9-15(18(21)22)17(20)11-14/h2-11,20H,1H3,(H,21,22). The first-order valence-corrected chi connectivity index (χ1v) is 6.88. The largest absolute Gasteiger partial charge is 0.507 e. The van der Waals surface area contributed by atoms with Gasteiger partial charge in [-0.2, -0.15) is 0 Å². The maximum Gasteiger partial charge on any atom is 0.339 e. The Hall–Kier alpha value is -3.01. The maximum atomic E-state index is 11.0. The molecular formula is C18H15NO3. The summed E-state index contributed by atoms with van der Waals surface area (Å²) in [7, 11) is 0. The zero-order valence-electron chi connectivity index (χ0n) is 12.0. The molecule has 0 amide bonds. The smallest absolute Gasteiger partial charge is 0.339 e. The third-order valence-corrected chi connectivity index (χ3v) is 3.62. The van der Waals surface area contributed by atoms with Crippen molar-refractivity contribution < 1.29 is 15.0 Å². The van der Waals surface area contributed by atoms with E-state index in [2.05, 4.69) is 0 Å². The topological polar surface area (TPSA) is 62.5 Å². The van der Waals surface area contributed by atoms with Crippen molar-refractivity contribution in [2.75, 3.05) is 0 Å². The molecular weight excluding hydrogens is 278 g/mol. The summed E-state index contributed by atoms with van der Waals surface area (Å²) in [6, 6.07) is 18.5. The normalized spacial score (nSPS) is 10.6. The predicted molar refractivity (Wildman–Crippen MR) is 84.6 cm³/mol. The van der Waals surface area contributed by atoms with Crippen molar-refractivity contribution in [2.24, 2.45) is 0 Å². The van der Waals surface area contributed by atoms with Gasteiger partial charge in [0, 0.05) is 17.4 Å². The first kappa shape index (κ1) is 13.9. The fourth-order valence-corrected chi connectivity index (χ4v) is 2.56. The van der Waals surface area contributed by atoms with Gasteiger partial charge in [-0.1, -0.05) is 30.3 Å². The second-order valence-corrected chi connectivity index (χ2v) is 5.07. The molecule has 0 saturated carbocycles. The summed E-state index contributed by atoms with van der Waals surface area (Å²) >= 11 is 0. The molecule has 0 aliphatic heterocycles. The van der Waals surface area contributed by atoms with E-state index in [0.29, 0.717) is 0 Å². The Kier molecular flexibility index (Phi) is 3.43. The zero-order valence-corrected chi connectivity index (χ0v) is 12.0. The first-order chi connectivity index (χ1) is 10.6. The molecule has 0 spiro atoms. The number of phenols is 1. The van der Waals surface area contributed by atoms with Gasteiger partial charge < -0.3 is 14.8 Å². The van der Waals surface area contributed by atoms with E-state index in [-0.39, 0.29) is 11.3 Å². The van der Waals surface area contributed by atoms with Crippen molar-refractivity contribution in [1.82, 2.24) is 4.57 Å². The molecule has 1 heterocycles. The van der Waals surface area contributed by atoms with Crippen LogP contribution in [0.5, 0.6) is 5.75 Å². The maximum absolute atomic E-state index is 11.0. The predicted octanol–water partition coefficient (Wildman–Crippen LogP) is 3.86.